The number of anilines is 1. The molecule has 138 valence electrons. The number of carboxylic acid groups (broad SMARTS) is 1. The van der Waals surface area contributed by atoms with Gasteiger partial charge in [-0.1, -0.05) is 23.7 Å². The summed E-state index contributed by atoms with van der Waals surface area (Å²) in [7, 11) is 0. The number of nitrogens with zero attached hydrogens (tertiary/aromatic N) is 1. The van der Waals surface area contributed by atoms with Gasteiger partial charge < -0.3 is 15.7 Å². The van der Waals surface area contributed by atoms with E-state index < -0.39 is 23.9 Å². The molecule has 0 aliphatic carbocycles. The molecule has 2 amide bonds. The summed E-state index contributed by atoms with van der Waals surface area (Å²) in [6.07, 6.45) is -4.53. The summed E-state index contributed by atoms with van der Waals surface area (Å²) < 4.78 is 37.7. The molecule has 2 rings (SSSR count). The van der Waals surface area contributed by atoms with Crippen LogP contribution < -0.4 is 10.6 Å². The fraction of sp³-hybridized carbons (Fsp3) is 0.188. The topological polar surface area (TPSA) is 91.3 Å². The quantitative estimate of drug-likeness (QED) is 0.727. The largest absolute Gasteiger partial charge is 0.465 e. The van der Waals surface area contributed by atoms with Crippen molar-refractivity contribution in [3.63, 3.8) is 0 Å². The second-order valence-electron chi connectivity index (χ2n) is 5.18. The molecule has 0 fully saturated rings. The van der Waals surface area contributed by atoms with Gasteiger partial charge in [0.2, 0.25) is 0 Å². The number of hydrogen-bond acceptors (Lipinski definition) is 3. The molecule has 0 unspecified atom stereocenters. The molecule has 0 atom stereocenters. The van der Waals surface area contributed by atoms with Crippen molar-refractivity contribution in [1.29, 1.82) is 0 Å². The van der Waals surface area contributed by atoms with Gasteiger partial charge in [0.05, 0.1) is 10.6 Å². The van der Waals surface area contributed by atoms with Crippen LogP contribution in [-0.2, 0) is 12.6 Å². The maximum Gasteiger partial charge on any atom is 0.433 e. The van der Waals surface area contributed by atoms with E-state index in [-0.39, 0.29) is 17.1 Å². The first-order valence-electron chi connectivity index (χ1n) is 7.26. The van der Waals surface area contributed by atoms with Crippen LogP contribution in [-0.4, -0.2) is 28.6 Å². The van der Waals surface area contributed by atoms with E-state index in [1.807, 2.05) is 0 Å². The van der Waals surface area contributed by atoms with Crippen molar-refractivity contribution in [2.75, 3.05) is 11.9 Å². The Balaban J connectivity index is 2.02. The Morgan fingerprint density at radius 2 is 1.85 bits per heavy atom. The average molecular weight is 388 g/mol. The van der Waals surface area contributed by atoms with E-state index in [0.29, 0.717) is 18.2 Å². The van der Waals surface area contributed by atoms with Gasteiger partial charge in [-0.3, -0.25) is 9.78 Å². The predicted molar refractivity (Wildman–Crippen MR) is 88.4 cm³/mol. The van der Waals surface area contributed by atoms with Crippen molar-refractivity contribution in [3.8, 4) is 0 Å². The summed E-state index contributed by atoms with van der Waals surface area (Å²) in [5, 5.41) is 12.9. The van der Waals surface area contributed by atoms with Crippen molar-refractivity contribution >= 4 is 29.3 Å². The lowest BCUT2D eigenvalue weighted by molar-refractivity contribution is -0.141. The number of amides is 2. The van der Waals surface area contributed by atoms with Crippen LogP contribution in [0.1, 0.15) is 21.6 Å². The highest BCUT2D eigenvalue weighted by atomic mass is 35.5. The fourth-order valence-electron chi connectivity index (χ4n) is 2.02. The summed E-state index contributed by atoms with van der Waals surface area (Å²) in [4.78, 5) is 25.7. The van der Waals surface area contributed by atoms with Gasteiger partial charge >= 0.3 is 12.3 Å². The van der Waals surface area contributed by atoms with Gasteiger partial charge in [-0.25, -0.2) is 4.79 Å². The van der Waals surface area contributed by atoms with Crippen LogP contribution in [0, 0.1) is 0 Å². The van der Waals surface area contributed by atoms with Gasteiger partial charge in [0.25, 0.3) is 5.91 Å². The third-order valence-electron chi connectivity index (χ3n) is 3.29. The minimum Gasteiger partial charge on any atom is -0.465 e. The Hall–Kier alpha value is -2.81. The van der Waals surface area contributed by atoms with Crippen LogP contribution in [0.25, 0.3) is 0 Å². The Morgan fingerprint density at radius 1 is 1.19 bits per heavy atom. The van der Waals surface area contributed by atoms with Gasteiger partial charge in [0.1, 0.15) is 5.69 Å². The van der Waals surface area contributed by atoms with Gasteiger partial charge in [0, 0.05) is 18.4 Å². The molecule has 1 aromatic carbocycles. The first-order valence-corrected chi connectivity index (χ1v) is 7.64. The summed E-state index contributed by atoms with van der Waals surface area (Å²) in [6, 6.07) is 7.13. The Bertz CT molecular complexity index is 811. The van der Waals surface area contributed by atoms with Gasteiger partial charge in [0.15, 0.2) is 0 Å². The molecule has 0 aliphatic heterocycles. The van der Waals surface area contributed by atoms with Crippen LogP contribution in [0.5, 0.6) is 0 Å². The maximum absolute atomic E-state index is 12.6. The van der Waals surface area contributed by atoms with Crippen LogP contribution in [0.2, 0.25) is 5.02 Å². The highest BCUT2D eigenvalue weighted by Gasteiger charge is 2.33. The third kappa shape index (κ3) is 5.35. The zero-order valence-electron chi connectivity index (χ0n) is 13.1. The fourth-order valence-corrected chi connectivity index (χ4v) is 2.26. The number of benzene rings is 1. The van der Waals surface area contributed by atoms with Crippen molar-refractivity contribution in [2.45, 2.75) is 12.6 Å². The minimum atomic E-state index is -4.65. The standard InChI is InChI=1S/C16H13ClF3N3O3/c17-12-7-13(16(18,19)20)22-8-11(12)14(24)23-10-3-1-9(2-4-10)5-6-21-15(25)26/h1-4,7-8,21H,5-6H2,(H,23,24)(H,25,26). The SMILES string of the molecule is O=C(O)NCCc1ccc(NC(=O)c2cnc(C(F)(F)F)cc2Cl)cc1. The van der Waals surface area contributed by atoms with Gasteiger partial charge in [-0.2, -0.15) is 13.2 Å². The molecule has 26 heavy (non-hydrogen) atoms. The maximum atomic E-state index is 12.6. The highest BCUT2D eigenvalue weighted by Crippen LogP contribution is 2.30. The van der Waals surface area contributed by atoms with Crippen molar-refractivity contribution in [1.82, 2.24) is 10.3 Å². The van der Waals surface area contributed by atoms with Crippen molar-refractivity contribution < 1.29 is 27.9 Å². The van der Waals surface area contributed by atoms with E-state index in [4.69, 9.17) is 16.7 Å². The Labute approximate surface area is 151 Å². The molecule has 1 aromatic heterocycles. The smallest absolute Gasteiger partial charge is 0.433 e. The molecule has 1 heterocycles. The van der Waals surface area contributed by atoms with E-state index in [1.165, 1.54) is 0 Å². The molecular formula is C16H13ClF3N3O3. The van der Waals surface area contributed by atoms with E-state index in [2.05, 4.69) is 15.6 Å². The molecule has 10 heteroatoms. The number of carbonyl (C=O) groups is 2. The monoisotopic (exact) mass is 387 g/mol. The number of alkyl halides is 3. The molecule has 0 radical (unpaired) electrons. The minimum absolute atomic E-state index is 0.186. The third-order valence-corrected chi connectivity index (χ3v) is 3.60. The molecule has 0 spiro atoms. The number of nitrogens with one attached hydrogen (secondary N) is 2. The number of hydrogen-bond donors (Lipinski definition) is 3. The van der Waals surface area contributed by atoms with Gasteiger partial charge in [-0.05, 0) is 30.2 Å². The molecule has 3 N–H and O–H groups in total. The lowest BCUT2D eigenvalue weighted by Crippen LogP contribution is -2.23. The van der Waals surface area contributed by atoms with Crippen molar-refractivity contribution in [3.05, 3.63) is 58.4 Å². The average Bonchev–Trinajstić information content (AvgIpc) is 2.55. The van der Waals surface area contributed by atoms with Crippen LogP contribution in [0.4, 0.5) is 23.7 Å². The van der Waals surface area contributed by atoms with Crippen LogP contribution >= 0.6 is 11.6 Å². The molecule has 2 aromatic rings. The van der Waals surface area contributed by atoms with E-state index >= 15 is 0 Å². The number of carbonyl (C=O) groups excluding carboxylic acids is 1. The molecule has 0 saturated carbocycles. The lowest BCUT2D eigenvalue weighted by Gasteiger charge is -2.10. The predicted octanol–water partition coefficient (Wildman–Crippen LogP) is 3.82. The molecule has 0 saturated heterocycles. The molecule has 6 nitrogen and oxygen atoms in total. The number of rotatable bonds is 5. The zero-order valence-corrected chi connectivity index (χ0v) is 13.9. The Morgan fingerprint density at radius 3 is 2.38 bits per heavy atom. The number of halogens is 4. The summed E-state index contributed by atoms with van der Waals surface area (Å²) >= 11 is 5.75. The van der Waals surface area contributed by atoms with Crippen molar-refractivity contribution in [2.24, 2.45) is 0 Å². The van der Waals surface area contributed by atoms with Crippen LogP contribution in [0.15, 0.2) is 36.5 Å². The normalized spacial score (nSPS) is 11.1. The van der Waals surface area contributed by atoms with E-state index in [9.17, 15) is 22.8 Å². The van der Waals surface area contributed by atoms with E-state index in [0.717, 1.165) is 11.8 Å². The van der Waals surface area contributed by atoms with E-state index in [1.54, 1.807) is 24.3 Å². The van der Waals surface area contributed by atoms with Crippen LogP contribution in [0.3, 0.4) is 0 Å². The number of pyridine rings is 1. The second kappa shape index (κ2) is 8.05. The number of aromatic nitrogens is 1. The van der Waals surface area contributed by atoms with Gasteiger partial charge in [-0.15, -0.1) is 0 Å². The lowest BCUT2D eigenvalue weighted by atomic mass is 10.1. The summed E-state index contributed by atoms with van der Waals surface area (Å²) in [5.41, 5.74) is -0.125. The molecule has 0 bridgehead atoms. The first-order chi connectivity index (χ1) is 12.2. The molecular weight excluding hydrogens is 375 g/mol. The summed E-state index contributed by atoms with van der Waals surface area (Å²) in [5.74, 6) is -0.698. The first kappa shape index (κ1) is 19.5. The second-order valence-corrected chi connectivity index (χ2v) is 5.59. The Kier molecular flexibility index (Phi) is 6.04. The summed E-state index contributed by atoms with van der Waals surface area (Å²) in [6.45, 7) is 0.244. The zero-order chi connectivity index (χ0) is 19.3. The molecule has 0 aliphatic rings. The highest BCUT2D eigenvalue weighted by molar-refractivity contribution is 6.34.